The van der Waals surface area contributed by atoms with Crippen LogP contribution in [0.3, 0.4) is 0 Å². The van der Waals surface area contributed by atoms with E-state index in [9.17, 15) is 0 Å². The molecule has 2 heteroatoms. The van der Waals surface area contributed by atoms with E-state index in [1.165, 1.54) is 11.1 Å². The third-order valence-corrected chi connectivity index (χ3v) is 3.58. The second-order valence-electron chi connectivity index (χ2n) is 5.08. The van der Waals surface area contributed by atoms with Crippen LogP contribution in [0, 0.1) is 0 Å². The van der Waals surface area contributed by atoms with Gasteiger partial charge in [-0.1, -0.05) is 55.5 Å². The molecule has 0 aromatic heterocycles. The molecule has 0 radical (unpaired) electrons. The van der Waals surface area contributed by atoms with Crippen LogP contribution in [0.1, 0.15) is 24.0 Å². The van der Waals surface area contributed by atoms with Gasteiger partial charge in [-0.3, -0.25) is 0 Å². The lowest BCUT2D eigenvalue weighted by Gasteiger charge is -2.13. The predicted octanol–water partition coefficient (Wildman–Crippen LogP) is 3.63. The molecule has 0 aliphatic heterocycles. The van der Waals surface area contributed by atoms with Crippen LogP contribution in [0.2, 0.25) is 0 Å². The Kier molecular flexibility index (Phi) is 5.63. The second-order valence-corrected chi connectivity index (χ2v) is 5.08. The summed E-state index contributed by atoms with van der Waals surface area (Å²) in [5.41, 5.74) is 2.65. The van der Waals surface area contributed by atoms with Crippen LogP contribution in [-0.2, 0) is 6.42 Å². The molecule has 0 heterocycles. The minimum absolute atomic E-state index is 0.536. The minimum atomic E-state index is 0.536. The highest BCUT2D eigenvalue weighted by Gasteiger charge is 2.05. The lowest BCUT2D eigenvalue weighted by molar-refractivity contribution is 0.409. The van der Waals surface area contributed by atoms with Crippen LogP contribution in [0.5, 0.6) is 5.75 Å². The van der Waals surface area contributed by atoms with E-state index in [2.05, 4.69) is 54.7 Å². The van der Waals surface area contributed by atoms with Crippen molar-refractivity contribution in [3.63, 3.8) is 0 Å². The molecule has 0 amide bonds. The second kappa shape index (κ2) is 7.71. The van der Waals surface area contributed by atoms with Crippen molar-refractivity contribution < 1.29 is 4.74 Å². The van der Waals surface area contributed by atoms with Gasteiger partial charge in [-0.15, -0.1) is 0 Å². The van der Waals surface area contributed by atoms with E-state index in [1.807, 2.05) is 12.1 Å². The fourth-order valence-electron chi connectivity index (χ4n) is 2.35. The topological polar surface area (TPSA) is 21.3 Å². The standard InChI is InChI=1S/C18H23NO/c1-15(16-8-4-3-5-9-16)14-19-13-12-17-10-6-7-11-18(17)20-2/h3-11,15,19H,12-14H2,1-2H3. The third-order valence-electron chi connectivity index (χ3n) is 3.58. The molecule has 0 aliphatic rings. The SMILES string of the molecule is COc1ccccc1CCNCC(C)c1ccccc1. The number of benzene rings is 2. The fourth-order valence-corrected chi connectivity index (χ4v) is 2.35. The van der Waals surface area contributed by atoms with Gasteiger partial charge in [0.1, 0.15) is 5.75 Å². The van der Waals surface area contributed by atoms with Crippen molar-refractivity contribution in [1.29, 1.82) is 0 Å². The lowest BCUT2D eigenvalue weighted by Crippen LogP contribution is -2.22. The van der Waals surface area contributed by atoms with Gasteiger partial charge in [0.15, 0.2) is 0 Å². The maximum absolute atomic E-state index is 5.37. The van der Waals surface area contributed by atoms with Gasteiger partial charge in [0.2, 0.25) is 0 Å². The van der Waals surface area contributed by atoms with Gasteiger partial charge in [-0.25, -0.2) is 0 Å². The number of hydrogen-bond donors (Lipinski definition) is 1. The summed E-state index contributed by atoms with van der Waals surface area (Å²) < 4.78 is 5.37. The van der Waals surface area contributed by atoms with Crippen molar-refractivity contribution in [2.75, 3.05) is 20.2 Å². The van der Waals surface area contributed by atoms with E-state index >= 15 is 0 Å². The summed E-state index contributed by atoms with van der Waals surface area (Å²) in [6.45, 7) is 4.22. The van der Waals surface area contributed by atoms with E-state index in [4.69, 9.17) is 4.74 Å². The van der Waals surface area contributed by atoms with Gasteiger partial charge in [0.25, 0.3) is 0 Å². The molecule has 2 nitrogen and oxygen atoms in total. The van der Waals surface area contributed by atoms with Crippen molar-refractivity contribution in [3.05, 3.63) is 65.7 Å². The van der Waals surface area contributed by atoms with Crippen molar-refractivity contribution in [1.82, 2.24) is 5.32 Å². The largest absolute Gasteiger partial charge is 0.496 e. The Bertz CT molecular complexity index is 510. The number of nitrogens with one attached hydrogen (secondary N) is 1. The summed E-state index contributed by atoms with van der Waals surface area (Å²) in [5.74, 6) is 1.51. The number of rotatable bonds is 7. The third kappa shape index (κ3) is 4.10. The Balaban J connectivity index is 1.76. The first-order valence-corrected chi connectivity index (χ1v) is 7.19. The number of ether oxygens (including phenoxy) is 1. The van der Waals surface area contributed by atoms with Crippen molar-refractivity contribution in [3.8, 4) is 5.75 Å². The highest BCUT2D eigenvalue weighted by molar-refractivity contribution is 5.33. The van der Waals surface area contributed by atoms with Crippen LogP contribution in [0.4, 0.5) is 0 Å². The summed E-state index contributed by atoms with van der Waals surface area (Å²) in [7, 11) is 1.73. The van der Waals surface area contributed by atoms with Crippen LogP contribution < -0.4 is 10.1 Å². The first kappa shape index (κ1) is 14.6. The number of hydrogen-bond acceptors (Lipinski definition) is 2. The van der Waals surface area contributed by atoms with Gasteiger partial charge in [-0.05, 0) is 36.1 Å². The van der Waals surface area contributed by atoms with E-state index < -0.39 is 0 Å². The highest BCUT2D eigenvalue weighted by atomic mass is 16.5. The van der Waals surface area contributed by atoms with Gasteiger partial charge in [0, 0.05) is 6.54 Å². The summed E-state index contributed by atoms with van der Waals surface area (Å²) in [6, 6.07) is 18.8. The van der Waals surface area contributed by atoms with Crippen molar-refractivity contribution in [2.24, 2.45) is 0 Å². The van der Waals surface area contributed by atoms with Crippen LogP contribution in [0.25, 0.3) is 0 Å². The van der Waals surface area contributed by atoms with Crippen molar-refractivity contribution >= 4 is 0 Å². The van der Waals surface area contributed by atoms with Gasteiger partial charge < -0.3 is 10.1 Å². The Morgan fingerprint density at radius 1 is 1.00 bits per heavy atom. The molecule has 0 saturated heterocycles. The Labute approximate surface area is 121 Å². The van der Waals surface area contributed by atoms with Crippen LogP contribution in [0.15, 0.2) is 54.6 Å². The average Bonchev–Trinajstić information content (AvgIpc) is 2.52. The first-order chi connectivity index (χ1) is 9.81. The fraction of sp³-hybridized carbons (Fsp3) is 0.333. The van der Waals surface area contributed by atoms with Gasteiger partial charge in [-0.2, -0.15) is 0 Å². The summed E-state index contributed by atoms with van der Waals surface area (Å²) in [6.07, 6.45) is 0.992. The summed E-state index contributed by atoms with van der Waals surface area (Å²) in [5, 5.41) is 3.53. The predicted molar refractivity (Wildman–Crippen MR) is 84.4 cm³/mol. The van der Waals surface area contributed by atoms with E-state index in [-0.39, 0.29) is 0 Å². The Hall–Kier alpha value is -1.80. The maximum Gasteiger partial charge on any atom is 0.122 e. The zero-order chi connectivity index (χ0) is 14.2. The Morgan fingerprint density at radius 2 is 1.70 bits per heavy atom. The zero-order valence-electron chi connectivity index (χ0n) is 12.3. The molecule has 0 spiro atoms. The molecule has 2 aromatic rings. The molecule has 1 unspecified atom stereocenters. The molecular weight excluding hydrogens is 246 g/mol. The maximum atomic E-state index is 5.37. The molecule has 0 bridgehead atoms. The molecule has 20 heavy (non-hydrogen) atoms. The van der Waals surface area contributed by atoms with Gasteiger partial charge in [0.05, 0.1) is 7.11 Å². The lowest BCUT2D eigenvalue weighted by atomic mass is 10.0. The van der Waals surface area contributed by atoms with E-state index in [1.54, 1.807) is 7.11 Å². The Morgan fingerprint density at radius 3 is 2.45 bits per heavy atom. The van der Waals surface area contributed by atoms with Crippen LogP contribution >= 0.6 is 0 Å². The molecule has 1 N–H and O–H groups in total. The monoisotopic (exact) mass is 269 g/mol. The smallest absolute Gasteiger partial charge is 0.122 e. The number of para-hydroxylation sites is 1. The molecule has 0 saturated carbocycles. The van der Waals surface area contributed by atoms with Crippen molar-refractivity contribution in [2.45, 2.75) is 19.3 Å². The number of methoxy groups -OCH3 is 1. The summed E-state index contributed by atoms with van der Waals surface area (Å²) in [4.78, 5) is 0. The summed E-state index contributed by atoms with van der Waals surface area (Å²) >= 11 is 0. The molecule has 0 fully saturated rings. The quantitative estimate of drug-likeness (QED) is 0.775. The van der Waals surface area contributed by atoms with E-state index in [0.717, 1.165) is 25.3 Å². The molecular formula is C18H23NO. The van der Waals surface area contributed by atoms with E-state index in [0.29, 0.717) is 5.92 Å². The zero-order valence-corrected chi connectivity index (χ0v) is 12.3. The molecule has 2 aromatic carbocycles. The normalized spacial score (nSPS) is 12.1. The van der Waals surface area contributed by atoms with Gasteiger partial charge >= 0.3 is 0 Å². The minimum Gasteiger partial charge on any atom is -0.496 e. The molecule has 106 valence electrons. The molecule has 1 atom stereocenters. The average molecular weight is 269 g/mol. The van der Waals surface area contributed by atoms with Crippen LogP contribution in [-0.4, -0.2) is 20.2 Å². The molecule has 2 rings (SSSR count). The first-order valence-electron chi connectivity index (χ1n) is 7.19. The highest BCUT2D eigenvalue weighted by Crippen LogP contribution is 2.17. The molecule has 0 aliphatic carbocycles.